The summed E-state index contributed by atoms with van der Waals surface area (Å²) in [4.78, 5) is 11.9. The summed E-state index contributed by atoms with van der Waals surface area (Å²) < 4.78 is 27.2. The molecule has 18 heavy (non-hydrogen) atoms. The lowest BCUT2D eigenvalue weighted by molar-refractivity contribution is 0.0838. The fourth-order valence-corrected chi connectivity index (χ4v) is 1.44. The van der Waals surface area contributed by atoms with Crippen LogP contribution in [0.2, 0.25) is 0 Å². The third-order valence-corrected chi connectivity index (χ3v) is 3.06. The Balaban J connectivity index is 3.09. The number of carbonyl (C=O) groups excluding carboxylic acids is 1. The Kier molecular flexibility index (Phi) is 4.40. The van der Waals surface area contributed by atoms with Crippen molar-refractivity contribution in [3.8, 4) is 0 Å². The van der Waals surface area contributed by atoms with E-state index >= 15 is 0 Å². The summed E-state index contributed by atoms with van der Waals surface area (Å²) in [5, 5.41) is 11.6. The second kappa shape index (κ2) is 5.44. The summed E-state index contributed by atoms with van der Waals surface area (Å²) >= 11 is 0. The summed E-state index contributed by atoms with van der Waals surface area (Å²) in [5.74, 6) is -2.64. The fourth-order valence-electron chi connectivity index (χ4n) is 1.44. The van der Waals surface area contributed by atoms with Gasteiger partial charge in [-0.2, -0.15) is 0 Å². The average Bonchev–Trinajstić information content (AvgIpc) is 2.34. The molecule has 0 aliphatic rings. The number of hydrogen-bond acceptors (Lipinski definition) is 2. The lowest BCUT2D eigenvalue weighted by Gasteiger charge is -2.27. The van der Waals surface area contributed by atoms with Gasteiger partial charge in [0.05, 0.1) is 12.1 Å². The minimum Gasteiger partial charge on any atom is -0.394 e. The molecule has 0 aromatic heterocycles. The van der Waals surface area contributed by atoms with E-state index in [0.29, 0.717) is 6.42 Å². The van der Waals surface area contributed by atoms with E-state index in [1.807, 2.05) is 0 Å². The zero-order valence-electron chi connectivity index (χ0n) is 10.7. The average molecular weight is 257 g/mol. The summed E-state index contributed by atoms with van der Waals surface area (Å²) in [5.41, 5.74) is -1.30. The lowest BCUT2D eigenvalue weighted by atomic mass is 9.99. The Morgan fingerprint density at radius 2 is 2.06 bits per heavy atom. The van der Waals surface area contributed by atoms with Gasteiger partial charge in [0.25, 0.3) is 5.91 Å². The first-order valence-corrected chi connectivity index (χ1v) is 5.72. The number of rotatable bonds is 4. The molecule has 2 N–H and O–H groups in total. The van der Waals surface area contributed by atoms with Crippen LogP contribution in [0.4, 0.5) is 8.78 Å². The van der Waals surface area contributed by atoms with Crippen molar-refractivity contribution in [1.29, 1.82) is 0 Å². The van der Waals surface area contributed by atoms with Crippen LogP contribution in [0.1, 0.15) is 36.2 Å². The van der Waals surface area contributed by atoms with Crippen molar-refractivity contribution in [3.05, 3.63) is 34.9 Å². The van der Waals surface area contributed by atoms with E-state index in [1.165, 1.54) is 13.0 Å². The first-order valence-electron chi connectivity index (χ1n) is 5.72. The molecule has 3 nitrogen and oxygen atoms in total. The highest BCUT2D eigenvalue weighted by atomic mass is 19.1. The number of aryl methyl sites for hydroxylation is 1. The molecular weight excluding hydrogens is 240 g/mol. The summed E-state index contributed by atoms with van der Waals surface area (Å²) in [7, 11) is 0. The Labute approximate surface area is 105 Å². The number of amides is 1. The van der Waals surface area contributed by atoms with Crippen LogP contribution in [0, 0.1) is 18.6 Å². The minimum absolute atomic E-state index is 0.198. The molecule has 1 aromatic carbocycles. The molecule has 0 spiro atoms. The molecule has 1 atom stereocenters. The van der Waals surface area contributed by atoms with Crippen molar-refractivity contribution in [2.75, 3.05) is 6.61 Å². The number of aliphatic hydroxyl groups is 1. The largest absolute Gasteiger partial charge is 0.394 e. The molecule has 100 valence electrons. The molecule has 0 fully saturated rings. The van der Waals surface area contributed by atoms with Crippen LogP contribution in [0.15, 0.2) is 12.1 Å². The number of benzene rings is 1. The topological polar surface area (TPSA) is 49.3 Å². The second-order valence-electron chi connectivity index (χ2n) is 4.58. The van der Waals surface area contributed by atoms with Crippen LogP contribution in [0.5, 0.6) is 0 Å². The highest BCUT2D eigenvalue weighted by molar-refractivity contribution is 5.95. The van der Waals surface area contributed by atoms with Crippen LogP contribution in [0.3, 0.4) is 0 Å². The van der Waals surface area contributed by atoms with Gasteiger partial charge in [-0.3, -0.25) is 4.79 Å². The SMILES string of the molecule is CCC(C)(CO)NC(=O)c1c(F)ccc(C)c1F. The van der Waals surface area contributed by atoms with E-state index in [-0.39, 0.29) is 12.2 Å². The van der Waals surface area contributed by atoms with Crippen LogP contribution >= 0.6 is 0 Å². The predicted molar refractivity (Wildman–Crippen MR) is 64.3 cm³/mol. The number of halogens is 2. The van der Waals surface area contributed by atoms with Gasteiger partial charge in [-0.05, 0) is 31.9 Å². The second-order valence-corrected chi connectivity index (χ2v) is 4.58. The molecular formula is C13H17F2NO2. The Morgan fingerprint density at radius 3 is 2.56 bits per heavy atom. The third-order valence-electron chi connectivity index (χ3n) is 3.06. The van der Waals surface area contributed by atoms with E-state index in [2.05, 4.69) is 5.32 Å². The van der Waals surface area contributed by atoms with E-state index in [9.17, 15) is 18.7 Å². The third kappa shape index (κ3) is 2.85. The van der Waals surface area contributed by atoms with E-state index < -0.39 is 28.6 Å². The fraction of sp³-hybridized carbons (Fsp3) is 0.462. The number of aliphatic hydroxyl groups excluding tert-OH is 1. The first kappa shape index (κ1) is 14.6. The van der Waals surface area contributed by atoms with Gasteiger partial charge in [0.15, 0.2) is 0 Å². The summed E-state index contributed by atoms with van der Waals surface area (Å²) in [6.07, 6.45) is 0.449. The predicted octanol–water partition coefficient (Wildman–Crippen LogP) is 2.16. The van der Waals surface area contributed by atoms with E-state index in [1.54, 1.807) is 13.8 Å². The first-order chi connectivity index (χ1) is 8.34. The van der Waals surface area contributed by atoms with E-state index in [0.717, 1.165) is 6.07 Å². The molecule has 0 aliphatic carbocycles. The molecule has 0 aliphatic heterocycles. The molecule has 0 heterocycles. The smallest absolute Gasteiger partial charge is 0.257 e. The summed E-state index contributed by atoms with van der Waals surface area (Å²) in [6.45, 7) is 4.52. The monoisotopic (exact) mass is 257 g/mol. The molecule has 0 saturated carbocycles. The normalized spacial score (nSPS) is 14.1. The highest BCUT2D eigenvalue weighted by Crippen LogP contribution is 2.18. The van der Waals surface area contributed by atoms with Gasteiger partial charge in [-0.15, -0.1) is 0 Å². The molecule has 1 unspecified atom stereocenters. The van der Waals surface area contributed by atoms with Crippen molar-refractivity contribution < 1.29 is 18.7 Å². The minimum atomic E-state index is -0.910. The lowest BCUT2D eigenvalue weighted by Crippen LogP contribution is -2.48. The van der Waals surface area contributed by atoms with Crippen molar-refractivity contribution in [2.45, 2.75) is 32.7 Å². The highest BCUT2D eigenvalue weighted by Gasteiger charge is 2.27. The molecule has 1 aromatic rings. The van der Waals surface area contributed by atoms with Gasteiger partial charge in [0.1, 0.15) is 17.2 Å². The van der Waals surface area contributed by atoms with Gasteiger partial charge in [-0.1, -0.05) is 13.0 Å². The van der Waals surface area contributed by atoms with Gasteiger partial charge in [0, 0.05) is 0 Å². The number of hydrogen-bond donors (Lipinski definition) is 2. The maximum absolute atomic E-state index is 13.7. The van der Waals surface area contributed by atoms with Crippen molar-refractivity contribution in [1.82, 2.24) is 5.32 Å². The molecule has 5 heteroatoms. The van der Waals surface area contributed by atoms with Crippen molar-refractivity contribution >= 4 is 5.91 Å². The van der Waals surface area contributed by atoms with Crippen LogP contribution in [0.25, 0.3) is 0 Å². The molecule has 0 saturated heterocycles. The van der Waals surface area contributed by atoms with E-state index in [4.69, 9.17) is 0 Å². The number of nitrogens with one attached hydrogen (secondary N) is 1. The molecule has 1 amide bonds. The van der Waals surface area contributed by atoms with Gasteiger partial charge in [-0.25, -0.2) is 8.78 Å². The quantitative estimate of drug-likeness (QED) is 0.868. The Bertz CT molecular complexity index is 457. The van der Waals surface area contributed by atoms with Gasteiger partial charge >= 0.3 is 0 Å². The molecule has 0 radical (unpaired) electrons. The summed E-state index contributed by atoms with van der Waals surface area (Å²) in [6, 6.07) is 2.32. The molecule has 1 rings (SSSR count). The maximum atomic E-state index is 13.7. The Hall–Kier alpha value is -1.49. The van der Waals surface area contributed by atoms with Gasteiger partial charge in [0.2, 0.25) is 0 Å². The van der Waals surface area contributed by atoms with Crippen LogP contribution in [-0.2, 0) is 0 Å². The maximum Gasteiger partial charge on any atom is 0.257 e. The van der Waals surface area contributed by atoms with Crippen molar-refractivity contribution in [2.24, 2.45) is 0 Å². The van der Waals surface area contributed by atoms with Crippen molar-refractivity contribution in [3.63, 3.8) is 0 Å². The zero-order chi connectivity index (χ0) is 13.9. The van der Waals surface area contributed by atoms with Crippen LogP contribution in [-0.4, -0.2) is 23.2 Å². The number of carbonyl (C=O) groups is 1. The molecule has 0 bridgehead atoms. The Morgan fingerprint density at radius 1 is 1.44 bits per heavy atom. The van der Waals surface area contributed by atoms with Crippen LogP contribution < -0.4 is 5.32 Å². The standard InChI is InChI=1S/C13H17F2NO2/c1-4-13(3,7-17)16-12(18)10-9(14)6-5-8(2)11(10)15/h5-6,17H,4,7H2,1-3H3,(H,16,18). The van der Waals surface area contributed by atoms with Gasteiger partial charge < -0.3 is 10.4 Å². The zero-order valence-corrected chi connectivity index (χ0v) is 10.7.